The number of H-pyrrole nitrogens is 1. The van der Waals surface area contributed by atoms with Gasteiger partial charge in [-0.1, -0.05) is 53.5 Å². The fourth-order valence-electron chi connectivity index (χ4n) is 2.36. The molecular weight excluding hydrogens is 347 g/mol. The molecule has 0 fully saturated rings. The molecule has 1 N–H and O–H groups in total. The van der Waals surface area contributed by atoms with Crippen molar-refractivity contribution >= 4 is 50.9 Å². The number of hydrogen-bond donors (Lipinski definition) is 1. The Morgan fingerprint density at radius 3 is 2.67 bits per heavy atom. The molecule has 1 heterocycles. The SMILES string of the molecule is CCOC(=O)c1[nH]c2cc(Cl)ccc2c1N=C(Cl)c1ccccc1. The number of aromatic amines is 1. The van der Waals surface area contributed by atoms with Crippen molar-refractivity contribution in [1.29, 1.82) is 0 Å². The fourth-order valence-corrected chi connectivity index (χ4v) is 2.74. The van der Waals surface area contributed by atoms with Crippen molar-refractivity contribution in [2.45, 2.75) is 6.92 Å². The number of halogens is 2. The van der Waals surface area contributed by atoms with Crippen molar-refractivity contribution in [2.75, 3.05) is 6.61 Å². The minimum Gasteiger partial charge on any atom is -0.461 e. The molecule has 122 valence electrons. The van der Waals surface area contributed by atoms with E-state index in [1.165, 1.54) is 0 Å². The molecule has 0 spiro atoms. The zero-order valence-electron chi connectivity index (χ0n) is 12.8. The first-order valence-corrected chi connectivity index (χ1v) is 8.13. The summed E-state index contributed by atoms with van der Waals surface area (Å²) >= 11 is 12.4. The number of aromatic nitrogens is 1. The highest BCUT2D eigenvalue weighted by molar-refractivity contribution is 6.70. The molecule has 24 heavy (non-hydrogen) atoms. The van der Waals surface area contributed by atoms with E-state index in [9.17, 15) is 4.79 Å². The molecule has 0 saturated carbocycles. The maximum Gasteiger partial charge on any atom is 0.357 e. The summed E-state index contributed by atoms with van der Waals surface area (Å²) < 4.78 is 5.10. The van der Waals surface area contributed by atoms with Gasteiger partial charge in [0.15, 0.2) is 5.69 Å². The number of hydrogen-bond acceptors (Lipinski definition) is 3. The molecule has 0 amide bonds. The number of carbonyl (C=O) groups excluding carboxylic acids is 1. The molecule has 0 aliphatic rings. The van der Waals surface area contributed by atoms with Crippen LogP contribution in [0.2, 0.25) is 5.02 Å². The average Bonchev–Trinajstić information content (AvgIpc) is 2.93. The average molecular weight is 361 g/mol. The van der Waals surface area contributed by atoms with Crippen molar-refractivity contribution in [3.63, 3.8) is 0 Å². The summed E-state index contributed by atoms with van der Waals surface area (Å²) in [5, 5.41) is 1.59. The van der Waals surface area contributed by atoms with Gasteiger partial charge in [-0.05, 0) is 25.1 Å². The van der Waals surface area contributed by atoms with Gasteiger partial charge in [-0.25, -0.2) is 9.79 Å². The van der Waals surface area contributed by atoms with E-state index in [0.29, 0.717) is 16.2 Å². The van der Waals surface area contributed by atoms with E-state index in [4.69, 9.17) is 27.9 Å². The Morgan fingerprint density at radius 1 is 1.21 bits per heavy atom. The largest absolute Gasteiger partial charge is 0.461 e. The molecule has 0 aliphatic heterocycles. The Labute approximate surface area is 149 Å². The van der Waals surface area contributed by atoms with Gasteiger partial charge in [0.05, 0.1) is 6.61 Å². The number of nitrogens with one attached hydrogen (secondary N) is 1. The number of benzene rings is 2. The Kier molecular flexibility index (Phi) is 4.88. The van der Waals surface area contributed by atoms with Crippen molar-refractivity contribution < 1.29 is 9.53 Å². The molecule has 0 radical (unpaired) electrons. The van der Waals surface area contributed by atoms with Gasteiger partial charge in [0.25, 0.3) is 0 Å². The van der Waals surface area contributed by atoms with E-state index >= 15 is 0 Å². The maximum absolute atomic E-state index is 12.2. The van der Waals surface area contributed by atoms with Gasteiger partial charge in [0, 0.05) is 21.5 Å². The van der Waals surface area contributed by atoms with E-state index in [1.54, 1.807) is 25.1 Å². The number of rotatable bonds is 4. The van der Waals surface area contributed by atoms with E-state index in [0.717, 1.165) is 10.9 Å². The van der Waals surface area contributed by atoms with Crippen molar-refractivity contribution in [3.8, 4) is 0 Å². The van der Waals surface area contributed by atoms with Crippen molar-refractivity contribution in [1.82, 2.24) is 4.98 Å². The quantitative estimate of drug-likeness (QED) is 0.505. The van der Waals surface area contributed by atoms with E-state index in [-0.39, 0.29) is 17.5 Å². The van der Waals surface area contributed by atoms with Gasteiger partial charge in [-0.3, -0.25) is 0 Å². The number of esters is 1. The maximum atomic E-state index is 12.2. The summed E-state index contributed by atoms with van der Waals surface area (Å²) in [6.07, 6.45) is 0. The molecule has 3 rings (SSSR count). The Bertz CT molecular complexity index is 917. The number of fused-ring (bicyclic) bond motifs is 1. The van der Waals surface area contributed by atoms with Crippen LogP contribution in [0, 0.1) is 0 Å². The number of aliphatic imine (C=N–C) groups is 1. The first-order valence-electron chi connectivity index (χ1n) is 7.38. The van der Waals surface area contributed by atoms with E-state index in [1.807, 2.05) is 30.3 Å². The molecular formula is C18H14Cl2N2O2. The molecule has 2 aromatic carbocycles. The van der Waals surface area contributed by atoms with Crippen LogP contribution in [0.25, 0.3) is 10.9 Å². The van der Waals surface area contributed by atoms with Gasteiger partial charge in [-0.15, -0.1) is 0 Å². The molecule has 0 unspecified atom stereocenters. The normalized spacial score (nSPS) is 11.7. The minimum absolute atomic E-state index is 0.253. The Morgan fingerprint density at radius 2 is 1.96 bits per heavy atom. The van der Waals surface area contributed by atoms with Crippen LogP contribution in [0.15, 0.2) is 53.5 Å². The van der Waals surface area contributed by atoms with Crippen LogP contribution in [0.3, 0.4) is 0 Å². The lowest BCUT2D eigenvalue weighted by molar-refractivity contribution is 0.0521. The Balaban J connectivity index is 2.17. The molecule has 6 heteroatoms. The Hall–Kier alpha value is -2.30. The summed E-state index contributed by atoms with van der Waals surface area (Å²) in [6.45, 7) is 2.02. The van der Waals surface area contributed by atoms with Gasteiger partial charge in [0.2, 0.25) is 0 Å². The topological polar surface area (TPSA) is 54.5 Å². The smallest absolute Gasteiger partial charge is 0.357 e. The zero-order valence-corrected chi connectivity index (χ0v) is 14.4. The highest BCUT2D eigenvalue weighted by Crippen LogP contribution is 2.33. The van der Waals surface area contributed by atoms with Gasteiger partial charge < -0.3 is 9.72 Å². The first-order chi connectivity index (χ1) is 11.6. The van der Waals surface area contributed by atoms with Gasteiger partial charge in [0.1, 0.15) is 10.9 Å². The second kappa shape index (κ2) is 7.07. The molecule has 0 bridgehead atoms. The van der Waals surface area contributed by atoms with Gasteiger partial charge >= 0.3 is 5.97 Å². The third-order valence-electron chi connectivity index (χ3n) is 3.43. The first kappa shape index (κ1) is 16.6. The van der Waals surface area contributed by atoms with Crippen LogP contribution in [0.1, 0.15) is 23.0 Å². The van der Waals surface area contributed by atoms with E-state index < -0.39 is 5.97 Å². The molecule has 0 saturated heterocycles. The molecule has 0 atom stereocenters. The summed E-state index contributed by atoms with van der Waals surface area (Å²) in [7, 11) is 0. The fraction of sp³-hybridized carbons (Fsp3) is 0.111. The summed E-state index contributed by atoms with van der Waals surface area (Å²) in [6, 6.07) is 14.6. The van der Waals surface area contributed by atoms with E-state index in [2.05, 4.69) is 9.98 Å². The second-order valence-corrected chi connectivity index (χ2v) is 5.82. The summed E-state index contributed by atoms with van der Waals surface area (Å²) in [5.41, 5.74) is 2.15. The number of ether oxygens (including phenoxy) is 1. The molecule has 3 aromatic rings. The third kappa shape index (κ3) is 3.30. The van der Waals surface area contributed by atoms with Crippen LogP contribution >= 0.6 is 23.2 Å². The third-order valence-corrected chi connectivity index (χ3v) is 3.97. The highest BCUT2D eigenvalue weighted by Gasteiger charge is 2.19. The number of nitrogens with zero attached hydrogens (tertiary/aromatic N) is 1. The summed E-state index contributed by atoms with van der Waals surface area (Å²) in [5.74, 6) is -0.485. The van der Waals surface area contributed by atoms with Crippen LogP contribution in [0.4, 0.5) is 5.69 Å². The number of carbonyl (C=O) groups is 1. The highest BCUT2D eigenvalue weighted by atomic mass is 35.5. The lowest BCUT2D eigenvalue weighted by Gasteiger charge is -2.02. The monoisotopic (exact) mass is 360 g/mol. The van der Waals surface area contributed by atoms with Crippen LogP contribution in [-0.4, -0.2) is 22.7 Å². The summed E-state index contributed by atoms with van der Waals surface area (Å²) in [4.78, 5) is 19.7. The standard InChI is InChI=1S/C18H14Cl2N2O2/c1-2-24-18(23)16-15(13-9-8-12(19)10-14(13)21-16)22-17(20)11-6-4-3-5-7-11/h3-10,21H,2H2,1H3. The van der Waals surface area contributed by atoms with Crippen LogP contribution < -0.4 is 0 Å². The zero-order chi connectivity index (χ0) is 17.1. The van der Waals surface area contributed by atoms with Crippen molar-refractivity contribution in [3.05, 3.63) is 64.8 Å². The van der Waals surface area contributed by atoms with Crippen LogP contribution in [0.5, 0.6) is 0 Å². The molecule has 0 aliphatic carbocycles. The lowest BCUT2D eigenvalue weighted by Crippen LogP contribution is -2.05. The minimum atomic E-state index is -0.485. The predicted molar refractivity (Wildman–Crippen MR) is 97.8 cm³/mol. The van der Waals surface area contributed by atoms with Gasteiger partial charge in [-0.2, -0.15) is 0 Å². The lowest BCUT2D eigenvalue weighted by atomic mass is 10.2. The van der Waals surface area contributed by atoms with Crippen molar-refractivity contribution in [2.24, 2.45) is 4.99 Å². The predicted octanol–water partition coefficient (Wildman–Crippen LogP) is 5.32. The van der Waals surface area contributed by atoms with Crippen LogP contribution in [-0.2, 0) is 4.74 Å². The molecule has 1 aromatic heterocycles. The molecule has 4 nitrogen and oxygen atoms in total. The second-order valence-electron chi connectivity index (χ2n) is 5.03.